The number of fused-ring (bicyclic) bond motifs is 2. The first-order valence-electron chi connectivity index (χ1n) is 6.35. The zero-order valence-electron chi connectivity index (χ0n) is 10.7. The summed E-state index contributed by atoms with van der Waals surface area (Å²) in [4.78, 5) is 11.3. The van der Waals surface area contributed by atoms with Crippen molar-refractivity contribution >= 4 is 5.97 Å². The molecule has 19 heavy (non-hydrogen) atoms. The van der Waals surface area contributed by atoms with Gasteiger partial charge >= 0.3 is 5.97 Å². The maximum absolute atomic E-state index is 11.3. The summed E-state index contributed by atoms with van der Waals surface area (Å²) < 4.78 is 11.0. The van der Waals surface area contributed by atoms with Gasteiger partial charge in [0.15, 0.2) is 0 Å². The van der Waals surface area contributed by atoms with Gasteiger partial charge in [0.05, 0.1) is 0 Å². The number of carbonyl (C=O) groups excluding carboxylic acids is 1. The minimum absolute atomic E-state index is 0.240. The smallest absolute Gasteiger partial charge is 0.310 e. The molecule has 0 N–H and O–H groups in total. The Morgan fingerprint density at radius 2 is 1.95 bits per heavy atom. The number of hydrogen-bond acceptors (Lipinski definition) is 3. The van der Waals surface area contributed by atoms with Crippen LogP contribution in [0.25, 0.3) is 0 Å². The number of ether oxygens (including phenoxy) is 2. The van der Waals surface area contributed by atoms with Crippen molar-refractivity contribution in [1.29, 1.82) is 0 Å². The van der Waals surface area contributed by atoms with Gasteiger partial charge in [0.25, 0.3) is 0 Å². The van der Waals surface area contributed by atoms with Crippen LogP contribution in [0.15, 0.2) is 42.5 Å². The van der Waals surface area contributed by atoms with Crippen LogP contribution in [0.5, 0.6) is 17.2 Å². The molecule has 0 amide bonds. The van der Waals surface area contributed by atoms with E-state index in [9.17, 15) is 4.79 Å². The van der Waals surface area contributed by atoms with E-state index in [1.54, 1.807) is 13.0 Å². The lowest BCUT2D eigenvalue weighted by Gasteiger charge is -2.20. The summed E-state index contributed by atoms with van der Waals surface area (Å²) in [7, 11) is 0. The van der Waals surface area contributed by atoms with Gasteiger partial charge in [0.1, 0.15) is 17.2 Å². The molecule has 1 heterocycles. The van der Waals surface area contributed by atoms with Gasteiger partial charge in [0, 0.05) is 18.9 Å². The monoisotopic (exact) mass is 254 g/mol. The SMILES string of the molecule is CCC(=O)Oc1ccc2c(c1)Oc1ccccc1C2. The molecule has 3 heteroatoms. The topological polar surface area (TPSA) is 35.5 Å². The maximum Gasteiger partial charge on any atom is 0.310 e. The van der Waals surface area contributed by atoms with Crippen LogP contribution < -0.4 is 9.47 Å². The highest BCUT2D eigenvalue weighted by Gasteiger charge is 2.17. The molecule has 0 aliphatic carbocycles. The molecular weight excluding hydrogens is 240 g/mol. The molecule has 0 bridgehead atoms. The van der Waals surface area contributed by atoms with Crippen LogP contribution in [0.3, 0.4) is 0 Å². The fraction of sp³-hybridized carbons (Fsp3) is 0.188. The van der Waals surface area contributed by atoms with E-state index < -0.39 is 0 Å². The Hall–Kier alpha value is -2.29. The Kier molecular flexibility index (Phi) is 2.95. The Morgan fingerprint density at radius 3 is 2.79 bits per heavy atom. The second-order valence-electron chi connectivity index (χ2n) is 4.48. The Morgan fingerprint density at radius 1 is 1.16 bits per heavy atom. The molecule has 0 spiro atoms. The van der Waals surface area contributed by atoms with Crippen LogP contribution in [0.4, 0.5) is 0 Å². The van der Waals surface area contributed by atoms with E-state index in [2.05, 4.69) is 6.07 Å². The van der Waals surface area contributed by atoms with Crippen LogP contribution in [-0.4, -0.2) is 5.97 Å². The standard InChI is InChI=1S/C16H14O3/c1-2-16(17)18-13-8-7-12-9-11-5-3-4-6-14(11)19-15(12)10-13/h3-8,10H,2,9H2,1H3. The summed E-state index contributed by atoms with van der Waals surface area (Å²) in [6.45, 7) is 1.77. The second kappa shape index (κ2) is 4.76. The summed E-state index contributed by atoms with van der Waals surface area (Å²) >= 11 is 0. The molecule has 1 aliphatic heterocycles. The van der Waals surface area contributed by atoms with Gasteiger partial charge in [-0.05, 0) is 23.3 Å². The summed E-state index contributed by atoms with van der Waals surface area (Å²) in [5.74, 6) is 1.93. The number of carbonyl (C=O) groups is 1. The average Bonchev–Trinajstić information content (AvgIpc) is 2.45. The number of benzene rings is 2. The summed E-state index contributed by atoms with van der Waals surface area (Å²) in [6.07, 6.45) is 1.20. The first-order valence-corrected chi connectivity index (χ1v) is 6.35. The van der Waals surface area contributed by atoms with Gasteiger partial charge in [-0.15, -0.1) is 0 Å². The molecule has 0 saturated heterocycles. The zero-order chi connectivity index (χ0) is 13.2. The lowest BCUT2D eigenvalue weighted by atomic mass is 10.0. The maximum atomic E-state index is 11.3. The molecule has 2 aromatic rings. The predicted octanol–water partition coefficient (Wildman–Crippen LogP) is 3.70. The quantitative estimate of drug-likeness (QED) is 0.516. The Labute approximate surface area is 111 Å². The highest BCUT2D eigenvalue weighted by atomic mass is 16.5. The van der Waals surface area contributed by atoms with Crippen LogP contribution >= 0.6 is 0 Å². The molecule has 0 fully saturated rings. The molecule has 0 atom stereocenters. The molecule has 3 rings (SSSR count). The van der Waals surface area contributed by atoms with E-state index in [-0.39, 0.29) is 5.97 Å². The van der Waals surface area contributed by atoms with Crippen molar-refractivity contribution in [2.45, 2.75) is 19.8 Å². The molecule has 1 aliphatic rings. The van der Waals surface area contributed by atoms with Crippen LogP contribution in [-0.2, 0) is 11.2 Å². The fourth-order valence-corrected chi connectivity index (χ4v) is 2.12. The van der Waals surface area contributed by atoms with E-state index in [1.807, 2.05) is 30.3 Å². The summed E-state index contributed by atoms with van der Waals surface area (Å²) in [5, 5.41) is 0. The Bertz CT molecular complexity index is 632. The average molecular weight is 254 g/mol. The van der Waals surface area contributed by atoms with Crippen molar-refractivity contribution in [3.8, 4) is 17.2 Å². The lowest BCUT2D eigenvalue weighted by Crippen LogP contribution is -2.07. The minimum atomic E-state index is -0.240. The summed E-state index contributed by atoms with van der Waals surface area (Å²) in [5.41, 5.74) is 2.28. The molecule has 0 aromatic heterocycles. The number of rotatable bonds is 2. The van der Waals surface area contributed by atoms with Crippen LogP contribution in [0.2, 0.25) is 0 Å². The third-order valence-corrected chi connectivity index (χ3v) is 3.13. The molecule has 3 nitrogen and oxygen atoms in total. The first-order chi connectivity index (χ1) is 9.26. The Balaban J connectivity index is 1.90. The van der Waals surface area contributed by atoms with Crippen molar-refractivity contribution < 1.29 is 14.3 Å². The molecule has 0 saturated carbocycles. The van der Waals surface area contributed by atoms with Crippen molar-refractivity contribution in [1.82, 2.24) is 0 Å². The zero-order valence-corrected chi connectivity index (χ0v) is 10.7. The highest BCUT2D eigenvalue weighted by Crippen LogP contribution is 2.38. The van der Waals surface area contributed by atoms with Gasteiger partial charge in [-0.25, -0.2) is 0 Å². The lowest BCUT2D eigenvalue weighted by molar-refractivity contribution is -0.134. The minimum Gasteiger partial charge on any atom is -0.457 e. The van der Waals surface area contributed by atoms with Crippen molar-refractivity contribution in [2.24, 2.45) is 0 Å². The van der Waals surface area contributed by atoms with E-state index in [0.29, 0.717) is 12.2 Å². The second-order valence-corrected chi connectivity index (χ2v) is 4.48. The van der Waals surface area contributed by atoms with Gasteiger partial charge < -0.3 is 9.47 Å². The van der Waals surface area contributed by atoms with Crippen molar-refractivity contribution in [2.75, 3.05) is 0 Å². The third-order valence-electron chi connectivity index (χ3n) is 3.13. The van der Waals surface area contributed by atoms with Crippen LogP contribution in [0.1, 0.15) is 24.5 Å². The molecular formula is C16H14O3. The molecule has 96 valence electrons. The van der Waals surface area contributed by atoms with Gasteiger partial charge in [-0.2, -0.15) is 0 Å². The van der Waals surface area contributed by atoms with Crippen molar-refractivity contribution in [3.63, 3.8) is 0 Å². The molecule has 2 aromatic carbocycles. The number of esters is 1. The van der Waals surface area contributed by atoms with Gasteiger partial charge in [-0.3, -0.25) is 4.79 Å². The summed E-state index contributed by atoms with van der Waals surface area (Å²) in [6, 6.07) is 13.5. The van der Waals surface area contributed by atoms with Gasteiger partial charge in [-0.1, -0.05) is 31.2 Å². The predicted molar refractivity (Wildman–Crippen MR) is 71.7 cm³/mol. The number of hydrogen-bond donors (Lipinski definition) is 0. The normalized spacial score (nSPS) is 12.1. The highest BCUT2D eigenvalue weighted by molar-refractivity contribution is 5.72. The largest absolute Gasteiger partial charge is 0.457 e. The van der Waals surface area contributed by atoms with E-state index in [1.165, 1.54) is 5.56 Å². The fourth-order valence-electron chi connectivity index (χ4n) is 2.12. The molecule has 0 unspecified atom stereocenters. The van der Waals surface area contributed by atoms with E-state index in [0.717, 1.165) is 23.5 Å². The van der Waals surface area contributed by atoms with E-state index >= 15 is 0 Å². The number of para-hydroxylation sites is 1. The third kappa shape index (κ3) is 2.32. The van der Waals surface area contributed by atoms with Crippen molar-refractivity contribution in [3.05, 3.63) is 53.6 Å². The molecule has 0 radical (unpaired) electrons. The van der Waals surface area contributed by atoms with Crippen LogP contribution in [0, 0.1) is 0 Å². The van der Waals surface area contributed by atoms with Gasteiger partial charge in [0.2, 0.25) is 0 Å². The first kappa shape index (κ1) is 11.8. The van der Waals surface area contributed by atoms with E-state index in [4.69, 9.17) is 9.47 Å².